The number of benzene rings is 2. The predicted molar refractivity (Wildman–Crippen MR) is 114 cm³/mol. The average molecular weight is 405 g/mol. The Hall–Kier alpha value is -0.970. The molecule has 0 spiro atoms. The first kappa shape index (κ1) is 24.0. The quantitative estimate of drug-likeness (QED) is 0.730. The minimum Gasteiger partial charge on any atom is -0.398 e. The van der Waals surface area contributed by atoms with Gasteiger partial charge in [0.25, 0.3) is 0 Å². The van der Waals surface area contributed by atoms with Gasteiger partial charge in [0, 0.05) is 24.8 Å². The van der Waals surface area contributed by atoms with E-state index in [0.29, 0.717) is 6.04 Å². The zero-order valence-corrected chi connectivity index (χ0v) is 16.7. The number of nitrogens with zero attached hydrogens (tertiary/aromatic N) is 1. The van der Waals surface area contributed by atoms with E-state index in [1.54, 1.807) is 0 Å². The summed E-state index contributed by atoms with van der Waals surface area (Å²) < 4.78 is 0. The minimum absolute atomic E-state index is 0. The molecule has 1 saturated heterocycles. The first-order valence-corrected chi connectivity index (χ1v) is 8.14. The van der Waals surface area contributed by atoms with E-state index in [0.717, 1.165) is 31.9 Å². The summed E-state index contributed by atoms with van der Waals surface area (Å²) in [5, 5.41) is 3.66. The highest BCUT2D eigenvalue weighted by molar-refractivity contribution is 5.86. The maximum absolute atomic E-state index is 6.00. The number of nitrogen functional groups attached to an aromatic ring is 1. The smallest absolute Gasteiger partial charge is 0.0359 e. The first-order chi connectivity index (χ1) is 10.8. The van der Waals surface area contributed by atoms with Crippen LogP contribution in [0.1, 0.15) is 24.0 Å². The van der Waals surface area contributed by atoms with Crippen LogP contribution < -0.4 is 11.1 Å². The maximum Gasteiger partial charge on any atom is 0.0359 e. The van der Waals surface area contributed by atoms with Gasteiger partial charge in [0.05, 0.1) is 0 Å². The first-order valence-electron chi connectivity index (χ1n) is 8.14. The molecule has 2 aromatic carbocycles. The summed E-state index contributed by atoms with van der Waals surface area (Å²) in [5.41, 5.74) is 9.49. The molecule has 0 aliphatic carbocycles. The fourth-order valence-corrected chi connectivity index (χ4v) is 3.09. The Balaban J connectivity index is 0.00000192. The van der Waals surface area contributed by atoms with Crippen molar-refractivity contribution in [2.24, 2.45) is 0 Å². The largest absolute Gasteiger partial charge is 0.398 e. The molecule has 0 amide bonds. The van der Waals surface area contributed by atoms with E-state index < -0.39 is 0 Å². The van der Waals surface area contributed by atoms with E-state index in [9.17, 15) is 0 Å². The average Bonchev–Trinajstić information content (AvgIpc) is 2.56. The van der Waals surface area contributed by atoms with Crippen LogP contribution in [0.5, 0.6) is 0 Å². The van der Waals surface area contributed by atoms with Crippen LogP contribution in [0.4, 0.5) is 5.69 Å². The molecule has 0 bridgehead atoms. The minimum atomic E-state index is 0. The Labute approximate surface area is 169 Å². The van der Waals surface area contributed by atoms with Gasteiger partial charge in [0.1, 0.15) is 0 Å². The van der Waals surface area contributed by atoms with Crippen molar-refractivity contribution in [3.05, 3.63) is 65.7 Å². The fourth-order valence-electron chi connectivity index (χ4n) is 3.09. The second kappa shape index (κ2) is 12.4. The molecule has 1 heterocycles. The van der Waals surface area contributed by atoms with Gasteiger partial charge in [-0.2, -0.15) is 0 Å². The molecule has 2 aromatic rings. The summed E-state index contributed by atoms with van der Waals surface area (Å²) in [5.74, 6) is 0. The zero-order chi connectivity index (χ0) is 15.2. The lowest BCUT2D eigenvalue weighted by Crippen LogP contribution is -2.41. The van der Waals surface area contributed by atoms with Gasteiger partial charge in [-0.25, -0.2) is 0 Å². The van der Waals surface area contributed by atoms with Crippen LogP contribution in [0.25, 0.3) is 0 Å². The van der Waals surface area contributed by atoms with E-state index in [-0.39, 0.29) is 37.2 Å². The number of hydrogen-bond acceptors (Lipinski definition) is 3. The molecule has 0 unspecified atom stereocenters. The molecule has 3 rings (SSSR count). The van der Waals surface area contributed by atoms with Crippen LogP contribution in [0.15, 0.2) is 54.6 Å². The Morgan fingerprint density at radius 3 is 2.12 bits per heavy atom. The van der Waals surface area contributed by atoms with E-state index >= 15 is 0 Å². The molecule has 0 radical (unpaired) electrons. The van der Waals surface area contributed by atoms with Gasteiger partial charge < -0.3 is 11.1 Å². The summed E-state index contributed by atoms with van der Waals surface area (Å²) in [6, 6.07) is 19.5. The highest BCUT2D eigenvalue weighted by atomic mass is 35.5. The topological polar surface area (TPSA) is 41.3 Å². The van der Waals surface area contributed by atoms with Crippen LogP contribution >= 0.6 is 37.2 Å². The third kappa shape index (κ3) is 7.43. The monoisotopic (exact) mass is 403 g/mol. The number of rotatable bonds is 5. The van der Waals surface area contributed by atoms with Gasteiger partial charge in [-0.05, 0) is 43.1 Å². The molecule has 25 heavy (non-hydrogen) atoms. The van der Waals surface area contributed by atoms with E-state index in [4.69, 9.17) is 5.73 Å². The number of nitrogens with two attached hydrogens (primary N) is 1. The van der Waals surface area contributed by atoms with Gasteiger partial charge in [-0.1, -0.05) is 48.5 Å². The highest BCUT2D eigenvalue weighted by Gasteiger charge is 2.18. The lowest BCUT2D eigenvalue weighted by atomic mass is 10.0. The number of halogens is 3. The van der Waals surface area contributed by atoms with Crippen LogP contribution in [-0.4, -0.2) is 24.0 Å². The molecule has 1 aliphatic heterocycles. The summed E-state index contributed by atoms with van der Waals surface area (Å²) >= 11 is 0. The summed E-state index contributed by atoms with van der Waals surface area (Å²) in [6.07, 6.45) is 2.42. The number of para-hydroxylation sites is 1. The number of hydrogen-bond donors (Lipinski definition) is 2. The molecule has 0 saturated carbocycles. The van der Waals surface area contributed by atoms with Crippen LogP contribution in [0, 0.1) is 0 Å². The van der Waals surface area contributed by atoms with Gasteiger partial charge in [-0.15, -0.1) is 37.2 Å². The third-order valence-corrected chi connectivity index (χ3v) is 4.47. The Bertz CT molecular complexity index is 587. The predicted octanol–water partition coefficient (Wildman–Crippen LogP) is 4.29. The summed E-state index contributed by atoms with van der Waals surface area (Å²) in [6.45, 7) is 4.27. The molecule has 3 N–H and O–H groups in total. The fraction of sp³-hybridized carbons (Fsp3) is 0.368. The van der Waals surface area contributed by atoms with E-state index in [1.165, 1.54) is 24.0 Å². The van der Waals surface area contributed by atoms with Crippen LogP contribution in [-0.2, 0) is 13.1 Å². The van der Waals surface area contributed by atoms with Crippen molar-refractivity contribution >= 4 is 42.9 Å². The van der Waals surface area contributed by atoms with Crippen molar-refractivity contribution in [3.63, 3.8) is 0 Å². The SMILES string of the molecule is Cl.Cl.Cl.Nc1ccccc1CNC1CCN(Cc2ccccc2)CC1. The van der Waals surface area contributed by atoms with Crippen molar-refractivity contribution in [1.82, 2.24) is 10.2 Å². The van der Waals surface area contributed by atoms with Crippen molar-refractivity contribution in [2.45, 2.75) is 32.0 Å². The molecule has 1 aliphatic rings. The molecule has 1 fully saturated rings. The molecule has 0 atom stereocenters. The normalized spacial score (nSPS) is 14.7. The number of likely N-dealkylation sites (tertiary alicyclic amines) is 1. The molecular weight excluding hydrogens is 377 g/mol. The second-order valence-electron chi connectivity index (χ2n) is 6.12. The van der Waals surface area contributed by atoms with Crippen molar-refractivity contribution in [2.75, 3.05) is 18.8 Å². The Morgan fingerprint density at radius 1 is 0.880 bits per heavy atom. The number of anilines is 1. The van der Waals surface area contributed by atoms with E-state index in [1.807, 2.05) is 12.1 Å². The maximum atomic E-state index is 6.00. The van der Waals surface area contributed by atoms with Crippen molar-refractivity contribution < 1.29 is 0 Å². The zero-order valence-electron chi connectivity index (χ0n) is 14.3. The second-order valence-corrected chi connectivity index (χ2v) is 6.12. The molecule has 0 aromatic heterocycles. The lowest BCUT2D eigenvalue weighted by molar-refractivity contribution is 0.190. The van der Waals surface area contributed by atoms with Gasteiger partial charge in [0.2, 0.25) is 0 Å². The van der Waals surface area contributed by atoms with Gasteiger partial charge >= 0.3 is 0 Å². The molecular formula is C19H28Cl3N3. The van der Waals surface area contributed by atoms with Crippen molar-refractivity contribution in [3.8, 4) is 0 Å². The van der Waals surface area contributed by atoms with Gasteiger partial charge in [-0.3, -0.25) is 4.90 Å². The van der Waals surface area contributed by atoms with Crippen LogP contribution in [0.3, 0.4) is 0 Å². The standard InChI is InChI=1S/C19H25N3.3ClH/c20-19-9-5-4-8-17(19)14-21-18-10-12-22(13-11-18)15-16-6-2-1-3-7-16;;;/h1-9,18,21H,10-15,20H2;3*1H. The lowest BCUT2D eigenvalue weighted by Gasteiger charge is -2.32. The summed E-state index contributed by atoms with van der Waals surface area (Å²) in [7, 11) is 0. The Morgan fingerprint density at radius 2 is 1.48 bits per heavy atom. The molecule has 6 heteroatoms. The van der Waals surface area contributed by atoms with Crippen LogP contribution in [0.2, 0.25) is 0 Å². The van der Waals surface area contributed by atoms with Gasteiger partial charge in [0.15, 0.2) is 0 Å². The number of piperidine rings is 1. The Kier molecular flexibility index (Phi) is 11.9. The van der Waals surface area contributed by atoms with Crippen molar-refractivity contribution in [1.29, 1.82) is 0 Å². The highest BCUT2D eigenvalue weighted by Crippen LogP contribution is 2.16. The van der Waals surface area contributed by atoms with E-state index in [2.05, 4.69) is 52.7 Å². The number of nitrogens with one attached hydrogen (secondary N) is 1. The summed E-state index contributed by atoms with van der Waals surface area (Å²) in [4.78, 5) is 2.55. The third-order valence-electron chi connectivity index (χ3n) is 4.47. The molecule has 140 valence electrons. The molecule has 3 nitrogen and oxygen atoms in total.